The molecular weight excluding hydrogens is 366 g/mol. The Balaban J connectivity index is 1.77. The maximum Gasteiger partial charge on any atom is 0.374 e. The van der Waals surface area contributed by atoms with E-state index in [1.165, 1.54) is 12.1 Å². The first kappa shape index (κ1) is 19.0. The highest BCUT2D eigenvalue weighted by Crippen LogP contribution is 2.20. The number of ketones is 1. The molecule has 0 unspecified atom stereocenters. The van der Waals surface area contributed by atoms with Gasteiger partial charge in [-0.05, 0) is 26.0 Å². The number of Topliss-reactive ketones (excluding diaryl/α,β-unsaturated/α-hetero) is 1. The lowest BCUT2D eigenvalue weighted by molar-refractivity contribution is -0.385. The van der Waals surface area contributed by atoms with E-state index < -0.39 is 28.7 Å². The Morgan fingerprint density at radius 2 is 1.86 bits per heavy atom. The van der Waals surface area contributed by atoms with Crippen LogP contribution in [-0.4, -0.2) is 23.3 Å². The molecule has 8 nitrogen and oxygen atoms in total. The fourth-order valence-electron chi connectivity index (χ4n) is 2.64. The molecule has 3 rings (SSSR count). The second-order valence-corrected chi connectivity index (χ2v) is 6.23. The minimum absolute atomic E-state index is 0.0422. The summed E-state index contributed by atoms with van der Waals surface area (Å²) in [5.74, 6) is -1.92. The number of carbonyl (C=O) groups excluding carboxylic acids is 2. The molecule has 2 aromatic carbocycles. The van der Waals surface area contributed by atoms with Crippen molar-refractivity contribution in [2.75, 3.05) is 6.61 Å². The van der Waals surface area contributed by atoms with Crippen molar-refractivity contribution in [1.29, 1.82) is 0 Å². The fraction of sp³-hybridized carbons (Fsp3) is 0.150. The van der Waals surface area contributed by atoms with E-state index >= 15 is 0 Å². The highest BCUT2D eigenvalue weighted by Gasteiger charge is 2.19. The Bertz CT molecular complexity index is 1180. The van der Waals surface area contributed by atoms with E-state index in [2.05, 4.69) is 0 Å². The third-order valence-electron chi connectivity index (χ3n) is 4.15. The van der Waals surface area contributed by atoms with Gasteiger partial charge in [0.2, 0.25) is 11.5 Å². The molecule has 0 spiro atoms. The molecule has 0 saturated carbocycles. The quantitative estimate of drug-likeness (QED) is 0.288. The Hall–Kier alpha value is -3.81. The van der Waals surface area contributed by atoms with Crippen LogP contribution < -0.4 is 5.43 Å². The topological polar surface area (TPSA) is 117 Å². The number of fused-ring (bicyclic) bond motifs is 1. The maximum atomic E-state index is 12.2. The molecule has 0 aliphatic carbocycles. The average Bonchev–Trinajstić information content (AvgIpc) is 2.66. The molecule has 0 saturated heterocycles. The Labute approximate surface area is 158 Å². The van der Waals surface area contributed by atoms with Gasteiger partial charge in [0.15, 0.2) is 12.0 Å². The van der Waals surface area contributed by atoms with Gasteiger partial charge in [-0.3, -0.25) is 19.7 Å². The van der Waals surface area contributed by atoms with Crippen LogP contribution in [0.1, 0.15) is 32.0 Å². The van der Waals surface area contributed by atoms with E-state index in [0.717, 1.165) is 17.7 Å². The normalized spacial score (nSPS) is 10.6. The Kier molecular flexibility index (Phi) is 5.04. The van der Waals surface area contributed by atoms with Gasteiger partial charge in [0.05, 0.1) is 10.3 Å². The molecule has 0 radical (unpaired) electrons. The van der Waals surface area contributed by atoms with Crippen LogP contribution in [0.3, 0.4) is 0 Å². The van der Waals surface area contributed by atoms with Gasteiger partial charge in [-0.15, -0.1) is 0 Å². The molecule has 28 heavy (non-hydrogen) atoms. The monoisotopic (exact) mass is 381 g/mol. The van der Waals surface area contributed by atoms with E-state index in [4.69, 9.17) is 9.15 Å². The Morgan fingerprint density at radius 1 is 1.11 bits per heavy atom. The molecule has 0 N–H and O–H groups in total. The van der Waals surface area contributed by atoms with Gasteiger partial charge in [0.25, 0.3) is 5.69 Å². The molecule has 1 heterocycles. The van der Waals surface area contributed by atoms with Crippen molar-refractivity contribution in [3.05, 3.63) is 85.3 Å². The molecule has 142 valence electrons. The van der Waals surface area contributed by atoms with Crippen LogP contribution in [0.25, 0.3) is 11.0 Å². The lowest BCUT2D eigenvalue weighted by Crippen LogP contribution is -2.16. The van der Waals surface area contributed by atoms with E-state index in [9.17, 15) is 24.5 Å². The zero-order chi connectivity index (χ0) is 20.4. The van der Waals surface area contributed by atoms with Crippen molar-refractivity contribution >= 4 is 28.4 Å². The molecule has 0 bridgehead atoms. The number of nitro groups is 1. The number of hydrogen-bond donors (Lipinski definition) is 0. The third kappa shape index (κ3) is 3.80. The van der Waals surface area contributed by atoms with E-state index in [1.807, 2.05) is 6.92 Å². The smallest absolute Gasteiger partial charge is 0.374 e. The summed E-state index contributed by atoms with van der Waals surface area (Å²) in [6.45, 7) is 2.73. The summed E-state index contributed by atoms with van der Waals surface area (Å²) >= 11 is 0. The number of esters is 1. The summed E-state index contributed by atoms with van der Waals surface area (Å²) in [6.07, 6.45) is 0. The largest absolute Gasteiger partial charge is 0.451 e. The average molecular weight is 381 g/mol. The summed E-state index contributed by atoms with van der Waals surface area (Å²) in [5, 5.41) is 11.3. The van der Waals surface area contributed by atoms with Crippen LogP contribution in [0.15, 0.2) is 51.7 Å². The van der Waals surface area contributed by atoms with Crippen molar-refractivity contribution in [3.63, 3.8) is 0 Å². The first-order valence-electron chi connectivity index (χ1n) is 8.26. The van der Waals surface area contributed by atoms with Crippen LogP contribution in [0.4, 0.5) is 5.69 Å². The molecule has 0 fully saturated rings. The summed E-state index contributed by atoms with van der Waals surface area (Å²) in [7, 11) is 0. The minimum atomic E-state index is -0.977. The summed E-state index contributed by atoms with van der Waals surface area (Å²) in [6, 6.07) is 9.93. The fourth-order valence-corrected chi connectivity index (χ4v) is 2.64. The zero-order valence-corrected chi connectivity index (χ0v) is 15.1. The lowest BCUT2D eigenvalue weighted by atomic mass is 10.1. The van der Waals surface area contributed by atoms with Crippen LogP contribution in [0.2, 0.25) is 0 Å². The maximum absolute atomic E-state index is 12.2. The molecule has 0 amide bonds. The van der Waals surface area contributed by atoms with Crippen molar-refractivity contribution in [2.24, 2.45) is 0 Å². The summed E-state index contributed by atoms with van der Waals surface area (Å²) < 4.78 is 10.3. The predicted octanol–water partition coefficient (Wildman–Crippen LogP) is 3.36. The number of ether oxygens (including phenoxy) is 1. The molecule has 8 heteroatoms. The van der Waals surface area contributed by atoms with E-state index in [1.54, 1.807) is 25.1 Å². The summed E-state index contributed by atoms with van der Waals surface area (Å²) in [5.41, 5.74) is 0.941. The van der Waals surface area contributed by atoms with Gasteiger partial charge in [-0.1, -0.05) is 23.8 Å². The van der Waals surface area contributed by atoms with Gasteiger partial charge in [-0.25, -0.2) is 4.79 Å². The van der Waals surface area contributed by atoms with Gasteiger partial charge in [-0.2, -0.15) is 0 Å². The minimum Gasteiger partial charge on any atom is -0.451 e. The molecule has 0 aliphatic heterocycles. The van der Waals surface area contributed by atoms with Gasteiger partial charge in [0.1, 0.15) is 5.58 Å². The molecular formula is C20H15NO7. The highest BCUT2D eigenvalue weighted by atomic mass is 16.6. The lowest BCUT2D eigenvalue weighted by Gasteiger charge is -2.06. The van der Waals surface area contributed by atoms with Gasteiger partial charge in [0, 0.05) is 23.3 Å². The first-order valence-corrected chi connectivity index (χ1v) is 8.26. The van der Waals surface area contributed by atoms with Crippen LogP contribution in [0, 0.1) is 24.0 Å². The molecule has 0 aliphatic rings. The SMILES string of the molecule is Cc1ccc2oc(C(=O)OCC(=O)c3ccc(C)c([N+](=O)[O-])c3)cc(=O)c2c1. The number of hydrogen-bond acceptors (Lipinski definition) is 7. The van der Waals surface area contributed by atoms with Crippen LogP contribution in [-0.2, 0) is 4.74 Å². The second-order valence-electron chi connectivity index (χ2n) is 6.23. The molecule has 3 aromatic rings. The van der Waals surface area contributed by atoms with Gasteiger partial charge < -0.3 is 9.15 Å². The number of rotatable bonds is 5. The molecule has 1 aromatic heterocycles. The van der Waals surface area contributed by atoms with E-state index in [0.29, 0.717) is 10.9 Å². The third-order valence-corrected chi connectivity index (χ3v) is 4.15. The number of benzene rings is 2. The van der Waals surface area contributed by atoms with E-state index in [-0.39, 0.29) is 22.6 Å². The number of nitrogens with zero attached hydrogens (tertiary/aromatic N) is 1. The van der Waals surface area contributed by atoms with Crippen molar-refractivity contribution in [2.45, 2.75) is 13.8 Å². The number of carbonyl (C=O) groups is 2. The van der Waals surface area contributed by atoms with Crippen molar-refractivity contribution in [3.8, 4) is 0 Å². The highest BCUT2D eigenvalue weighted by molar-refractivity contribution is 5.99. The van der Waals surface area contributed by atoms with Crippen LogP contribution >= 0.6 is 0 Å². The zero-order valence-electron chi connectivity index (χ0n) is 15.1. The van der Waals surface area contributed by atoms with Gasteiger partial charge >= 0.3 is 5.97 Å². The standard InChI is InChI=1S/C20H15NO7/c1-11-3-6-18-14(7-11)16(22)9-19(28-18)20(24)27-10-17(23)13-5-4-12(2)15(8-13)21(25)26/h3-9H,10H2,1-2H3. The number of nitro benzene ring substituents is 1. The Morgan fingerprint density at radius 3 is 2.57 bits per heavy atom. The summed E-state index contributed by atoms with van der Waals surface area (Å²) in [4.78, 5) is 46.9. The van der Waals surface area contributed by atoms with Crippen molar-refractivity contribution < 1.29 is 23.7 Å². The number of aryl methyl sites for hydroxylation is 2. The predicted molar refractivity (Wildman–Crippen MR) is 99.7 cm³/mol. The second kappa shape index (κ2) is 7.43. The first-order chi connectivity index (χ1) is 13.3. The van der Waals surface area contributed by atoms with Crippen LogP contribution in [0.5, 0.6) is 0 Å². The van der Waals surface area contributed by atoms with Crippen molar-refractivity contribution in [1.82, 2.24) is 0 Å². The molecule has 0 atom stereocenters.